The lowest BCUT2D eigenvalue weighted by atomic mass is 10.1. The first-order valence-corrected chi connectivity index (χ1v) is 8.12. The van der Waals surface area contributed by atoms with Crippen LogP contribution in [0.25, 0.3) is 21.9 Å². The average molecular weight is 318 g/mol. The maximum Gasteiger partial charge on any atom is 0.208 e. The summed E-state index contributed by atoms with van der Waals surface area (Å²) in [5.41, 5.74) is 0.774. The number of rotatable bonds is 6. The zero-order valence-electron chi connectivity index (χ0n) is 13.4. The number of fused-ring (bicyclic) bond motifs is 3. The van der Waals surface area contributed by atoms with Gasteiger partial charge in [-0.05, 0) is 36.6 Å². The molecule has 3 aromatic rings. The number of ether oxygens (including phenoxy) is 1. The Kier molecular flexibility index (Phi) is 4.51. The predicted octanol–water partition coefficient (Wildman–Crippen LogP) is 6.00. The quantitative estimate of drug-likeness (QED) is 0.520. The minimum absolute atomic E-state index is 0.0570. The van der Waals surface area contributed by atoms with Crippen LogP contribution in [0.15, 0.2) is 28.7 Å². The molecule has 0 amide bonds. The fourth-order valence-corrected chi connectivity index (χ4v) is 2.76. The zero-order valence-corrected chi connectivity index (χ0v) is 13.4. The number of aryl methyl sites for hydroxylation is 1. The molecular formula is C19H20F2O2. The van der Waals surface area contributed by atoms with Crippen LogP contribution in [0.2, 0.25) is 0 Å². The highest BCUT2D eigenvalue weighted by molar-refractivity contribution is 6.05. The van der Waals surface area contributed by atoms with Crippen molar-refractivity contribution in [1.82, 2.24) is 0 Å². The van der Waals surface area contributed by atoms with Gasteiger partial charge in [0.2, 0.25) is 5.82 Å². The van der Waals surface area contributed by atoms with Crippen molar-refractivity contribution in [3.63, 3.8) is 0 Å². The molecule has 0 saturated heterocycles. The van der Waals surface area contributed by atoms with Crippen LogP contribution < -0.4 is 4.74 Å². The summed E-state index contributed by atoms with van der Waals surface area (Å²) in [7, 11) is 0. The summed E-state index contributed by atoms with van der Waals surface area (Å²) < 4.78 is 40.1. The van der Waals surface area contributed by atoms with E-state index in [0.717, 1.165) is 19.3 Å². The third-order valence-electron chi connectivity index (χ3n) is 4.01. The van der Waals surface area contributed by atoms with Crippen LogP contribution in [0.3, 0.4) is 0 Å². The molecular weight excluding hydrogens is 298 g/mol. The van der Waals surface area contributed by atoms with Crippen LogP contribution in [0.5, 0.6) is 5.75 Å². The van der Waals surface area contributed by atoms with Crippen molar-refractivity contribution < 1.29 is 17.9 Å². The van der Waals surface area contributed by atoms with Crippen molar-refractivity contribution >= 4 is 21.9 Å². The number of furan rings is 1. The smallest absolute Gasteiger partial charge is 0.208 e. The van der Waals surface area contributed by atoms with Crippen LogP contribution in [0, 0.1) is 11.6 Å². The zero-order chi connectivity index (χ0) is 16.4. The van der Waals surface area contributed by atoms with E-state index in [4.69, 9.17) is 9.15 Å². The number of hydrogen-bond acceptors (Lipinski definition) is 2. The highest BCUT2D eigenvalue weighted by Crippen LogP contribution is 2.36. The molecule has 0 atom stereocenters. The van der Waals surface area contributed by atoms with E-state index in [2.05, 4.69) is 0 Å². The van der Waals surface area contributed by atoms with Gasteiger partial charge in [0.25, 0.3) is 0 Å². The van der Waals surface area contributed by atoms with Crippen molar-refractivity contribution in [2.24, 2.45) is 0 Å². The predicted molar refractivity (Wildman–Crippen MR) is 88.0 cm³/mol. The molecule has 0 fully saturated rings. The molecule has 0 aliphatic carbocycles. The van der Waals surface area contributed by atoms with E-state index >= 15 is 0 Å². The van der Waals surface area contributed by atoms with Crippen molar-refractivity contribution in [1.29, 1.82) is 0 Å². The van der Waals surface area contributed by atoms with Gasteiger partial charge in [0.1, 0.15) is 0 Å². The molecule has 2 nitrogen and oxygen atoms in total. The van der Waals surface area contributed by atoms with E-state index < -0.39 is 11.6 Å². The van der Waals surface area contributed by atoms with Gasteiger partial charge < -0.3 is 9.15 Å². The summed E-state index contributed by atoms with van der Waals surface area (Å²) in [5.74, 6) is -0.807. The fraction of sp³-hybridized carbons (Fsp3) is 0.368. The lowest BCUT2D eigenvalue weighted by Gasteiger charge is -2.06. The summed E-state index contributed by atoms with van der Waals surface area (Å²) >= 11 is 0. The molecule has 122 valence electrons. The van der Waals surface area contributed by atoms with Crippen LogP contribution in [0.1, 0.15) is 38.7 Å². The third-order valence-corrected chi connectivity index (χ3v) is 4.01. The number of halogens is 2. The molecule has 2 aromatic carbocycles. The molecule has 1 aromatic heterocycles. The maximum absolute atomic E-state index is 14.6. The van der Waals surface area contributed by atoms with E-state index in [9.17, 15) is 8.78 Å². The number of hydrogen-bond donors (Lipinski definition) is 0. The summed E-state index contributed by atoms with van der Waals surface area (Å²) in [5, 5.41) is 1.17. The molecule has 23 heavy (non-hydrogen) atoms. The first kappa shape index (κ1) is 15.8. The van der Waals surface area contributed by atoms with Gasteiger partial charge >= 0.3 is 0 Å². The Labute approximate surface area is 134 Å². The molecule has 0 N–H and O–H groups in total. The molecule has 0 unspecified atom stereocenters. The van der Waals surface area contributed by atoms with Crippen LogP contribution in [-0.2, 0) is 6.42 Å². The van der Waals surface area contributed by atoms with Gasteiger partial charge in [0, 0.05) is 10.8 Å². The Morgan fingerprint density at radius 3 is 2.30 bits per heavy atom. The number of benzene rings is 2. The standard InChI is InChI=1S/C19H20F2O2/c1-3-5-11-22-15-10-9-14-13-8-7-12(6-4-2)16(20)18(13)23-19(14)17(15)21/h7-10H,3-6,11H2,1-2H3. The minimum atomic E-state index is -0.564. The van der Waals surface area contributed by atoms with Crippen LogP contribution in [0.4, 0.5) is 8.78 Å². The highest BCUT2D eigenvalue weighted by atomic mass is 19.1. The molecule has 4 heteroatoms. The largest absolute Gasteiger partial charge is 0.490 e. The normalized spacial score (nSPS) is 11.5. The Balaban J connectivity index is 2.11. The molecule has 3 rings (SSSR count). The van der Waals surface area contributed by atoms with E-state index in [1.807, 2.05) is 13.8 Å². The minimum Gasteiger partial charge on any atom is -0.490 e. The lowest BCUT2D eigenvalue weighted by molar-refractivity contribution is 0.294. The van der Waals surface area contributed by atoms with Gasteiger partial charge in [0.05, 0.1) is 6.61 Å². The fourth-order valence-electron chi connectivity index (χ4n) is 2.76. The Hall–Kier alpha value is -2.10. The SMILES string of the molecule is CCCCOc1ccc2c(oc3c(F)c(CCC)ccc32)c1F. The van der Waals surface area contributed by atoms with Gasteiger partial charge in [-0.3, -0.25) is 0 Å². The second-order valence-electron chi connectivity index (χ2n) is 5.72. The maximum atomic E-state index is 14.6. The molecule has 0 saturated carbocycles. The summed E-state index contributed by atoms with van der Waals surface area (Å²) in [6, 6.07) is 6.86. The van der Waals surface area contributed by atoms with E-state index in [1.54, 1.807) is 24.3 Å². The van der Waals surface area contributed by atoms with Gasteiger partial charge in [0.15, 0.2) is 22.7 Å². The summed E-state index contributed by atoms with van der Waals surface area (Å²) in [4.78, 5) is 0. The third kappa shape index (κ3) is 2.78. The van der Waals surface area contributed by atoms with Crippen molar-refractivity contribution in [2.45, 2.75) is 39.5 Å². The molecule has 0 aliphatic rings. The summed E-state index contributed by atoms with van der Waals surface area (Å²) in [6.07, 6.45) is 3.30. The van der Waals surface area contributed by atoms with Crippen molar-refractivity contribution in [2.75, 3.05) is 6.61 Å². The van der Waals surface area contributed by atoms with Gasteiger partial charge in [-0.1, -0.05) is 32.8 Å². The molecule has 1 heterocycles. The molecule has 0 radical (unpaired) electrons. The molecule has 0 bridgehead atoms. The van der Waals surface area contributed by atoms with E-state index in [-0.39, 0.29) is 16.9 Å². The van der Waals surface area contributed by atoms with Crippen LogP contribution in [-0.4, -0.2) is 6.61 Å². The van der Waals surface area contributed by atoms with Gasteiger partial charge in [-0.25, -0.2) is 4.39 Å². The molecule has 0 aliphatic heterocycles. The second kappa shape index (κ2) is 6.57. The van der Waals surface area contributed by atoms with E-state index in [0.29, 0.717) is 29.4 Å². The lowest BCUT2D eigenvalue weighted by Crippen LogP contribution is -1.98. The number of unbranched alkanes of at least 4 members (excludes halogenated alkanes) is 1. The monoisotopic (exact) mass is 318 g/mol. The van der Waals surface area contributed by atoms with Gasteiger partial charge in [-0.15, -0.1) is 0 Å². The van der Waals surface area contributed by atoms with Gasteiger partial charge in [-0.2, -0.15) is 4.39 Å². The summed E-state index contributed by atoms with van der Waals surface area (Å²) in [6.45, 7) is 4.48. The Morgan fingerprint density at radius 1 is 0.913 bits per heavy atom. The van der Waals surface area contributed by atoms with Crippen molar-refractivity contribution in [3.05, 3.63) is 41.5 Å². The topological polar surface area (TPSA) is 22.4 Å². The average Bonchev–Trinajstić information content (AvgIpc) is 2.93. The first-order valence-electron chi connectivity index (χ1n) is 8.12. The van der Waals surface area contributed by atoms with E-state index in [1.165, 1.54) is 0 Å². The highest BCUT2D eigenvalue weighted by Gasteiger charge is 2.19. The van der Waals surface area contributed by atoms with Crippen LogP contribution >= 0.6 is 0 Å². The second-order valence-corrected chi connectivity index (χ2v) is 5.72. The first-order chi connectivity index (χ1) is 11.2. The van der Waals surface area contributed by atoms with Crippen molar-refractivity contribution in [3.8, 4) is 5.75 Å². The molecule has 0 spiro atoms. The Morgan fingerprint density at radius 2 is 1.61 bits per heavy atom. The Bertz CT molecular complexity index is 836.